The smallest absolute Gasteiger partial charge is 0.322 e. The molecule has 0 radical (unpaired) electrons. The highest BCUT2D eigenvalue weighted by Crippen LogP contribution is 2.16. The molecule has 20 heavy (non-hydrogen) atoms. The number of hydrogen-bond donors (Lipinski definition) is 2. The fraction of sp³-hybridized carbons (Fsp3) is 0.357. The van der Waals surface area contributed by atoms with Gasteiger partial charge in [0.1, 0.15) is 12.4 Å². The second-order valence-corrected chi connectivity index (χ2v) is 4.18. The molecule has 0 atom stereocenters. The Hall–Kier alpha value is -2.10. The first-order valence-corrected chi connectivity index (χ1v) is 6.23. The third-order valence-corrected chi connectivity index (χ3v) is 2.82. The summed E-state index contributed by atoms with van der Waals surface area (Å²) >= 11 is 0. The molecule has 0 aliphatic carbocycles. The molecule has 6 heteroatoms. The van der Waals surface area contributed by atoms with Crippen molar-refractivity contribution >= 4 is 11.7 Å². The van der Waals surface area contributed by atoms with E-state index in [1.807, 2.05) is 0 Å². The van der Waals surface area contributed by atoms with Crippen LogP contribution in [0.1, 0.15) is 5.56 Å². The van der Waals surface area contributed by atoms with Crippen LogP contribution in [0.25, 0.3) is 0 Å². The van der Waals surface area contributed by atoms with Crippen LogP contribution in [0.3, 0.4) is 0 Å². The van der Waals surface area contributed by atoms with Gasteiger partial charge in [0.05, 0.1) is 18.9 Å². The molecule has 0 unspecified atom stereocenters. The van der Waals surface area contributed by atoms with Crippen molar-refractivity contribution in [3.8, 4) is 11.8 Å². The first-order chi connectivity index (χ1) is 9.70. The molecule has 1 aliphatic rings. The number of nitrogens with zero attached hydrogens (tertiary/aromatic N) is 1. The molecular formula is C14H15FN2O3. The number of anilines is 1. The highest BCUT2D eigenvalue weighted by Gasteiger charge is 2.17. The van der Waals surface area contributed by atoms with Crippen LogP contribution in [0.4, 0.5) is 14.9 Å². The summed E-state index contributed by atoms with van der Waals surface area (Å²) in [6, 6.07) is 3.91. The minimum Gasteiger partial charge on any atom is -0.384 e. The SMILES string of the molecule is O=C(Nc1ccc(C#CCO)cc1F)N1CCOCC1. The summed E-state index contributed by atoms with van der Waals surface area (Å²) < 4.78 is 19.0. The third-order valence-electron chi connectivity index (χ3n) is 2.82. The van der Waals surface area contributed by atoms with Gasteiger partial charge < -0.3 is 20.1 Å². The van der Waals surface area contributed by atoms with Gasteiger partial charge in [-0.15, -0.1) is 0 Å². The monoisotopic (exact) mass is 278 g/mol. The summed E-state index contributed by atoms with van der Waals surface area (Å²) in [7, 11) is 0. The van der Waals surface area contributed by atoms with Gasteiger partial charge in [0.15, 0.2) is 0 Å². The van der Waals surface area contributed by atoms with E-state index in [0.29, 0.717) is 31.9 Å². The molecule has 1 saturated heterocycles. The zero-order valence-corrected chi connectivity index (χ0v) is 10.9. The lowest BCUT2D eigenvalue weighted by Crippen LogP contribution is -2.43. The Morgan fingerprint density at radius 1 is 1.45 bits per heavy atom. The first-order valence-electron chi connectivity index (χ1n) is 6.23. The third kappa shape index (κ3) is 3.70. The molecule has 1 aliphatic heterocycles. The summed E-state index contributed by atoms with van der Waals surface area (Å²) in [5.41, 5.74) is 0.553. The highest BCUT2D eigenvalue weighted by molar-refractivity contribution is 5.89. The normalized spacial score (nSPS) is 14.4. The average Bonchev–Trinajstić information content (AvgIpc) is 2.48. The number of urea groups is 1. The Balaban J connectivity index is 2.03. The molecular weight excluding hydrogens is 263 g/mol. The molecule has 1 heterocycles. The number of morpholine rings is 1. The number of benzene rings is 1. The van der Waals surface area contributed by atoms with E-state index in [0.717, 1.165) is 0 Å². The predicted molar refractivity (Wildman–Crippen MR) is 71.8 cm³/mol. The summed E-state index contributed by atoms with van der Waals surface area (Å²) in [4.78, 5) is 13.5. The van der Waals surface area contributed by atoms with Gasteiger partial charge in [-0.25, -0.2) is 9.18 Å². The lowest BCUT2D eigenvalue weighted by atomic mass is 10.2. The van der Waals surface area contributed by atoms with Crippen molar-refractivity contribution in [1.29, 1.82) is 0 Å². The van der Waals surface area contributed by atoms with Crippen LogP contribution in [0, 0.1) is 17.7 Å². The van der Waals surface area contributed by atoms with E-state index in [2.05, 4.69) is 17.2 Å². The molecule has 2 amide bonds. The maximum atomic E-state index is 13.8. The number of carbonyl (C=O) groups is 1. The van der Waals surface area contributed by atoms with Crippen molar-refractivity contribution < 1.29 is 19.0 Å². The van der Waals surface area contributed by atoms with Crippen LogP contribution < -0.4 is 5.32 Å². The van der Waals surface area contributed by atoms with E-state index in [4.69, 9.17) is 9.84 Å². The number of halogens is 1. The van der Waals surface area contributed by atoms with Crippen molar-refractivity contribution in [3.05, 3.63) is 29.6 Å². The van der Waals surface area contributed by atoms with Gasteiger partial charge in [0.2, 0.25) is 0 Å². The van der Waals surface area contributed by atoms with Crippen molar-refractivity contribution in [2.75, 3.05) is 38.2 Å². The fourth-order valence-corrected chi connectivity index (χ4v) is 1.80. The highest BCUT2D eigenvalue weighted by atomic mass is 19.1. The molecule has 0 aromatic heterocycles. The Morgan fingerprint density at radius 3 is 2.85 bits per heavy atom. The Labute approximate surface area is 116 Å². The zero-order chi connectivity index (χ0) is 14.4. The molecule has 0 spiro atoms. The number of carbonyl (C=O) groups excluding carboxylic acids is 1. The van der Waals surface area contributed by atoms with Gasteiger partial charge in [-0.2, -0.15) is 0 Å². The molecule has 0 bridgehead atoms. The fourth-order valence-electron chi connectivity index (χ4n) is 1.80. The summed E-state index contributed by atoms with van der Waals surface area (Å²) in [5, 5.41) is 11.1. The van der Waals surface area contributed by atoms with Crippen LogP contribution in [0.2, 0.25) is 0 Å². The second kappa shape index (κ2) is 6.89. The lowest BCUT2D eigenvalue weighted by molar-refractivity contribution is 0.0564. The van der Waals surface area contributed by atoms with Crippen LogP contribution in [0.5, 0.6) is 0 Å². The molecule has 2 rings (SSSR count). The van der Waals surface area contributed by atoms with Gasteiger partial charge in [-0.3, -0.25) is 0 Å². The Bertz CT molecular complexity index is 545. The van der Waals surface area contributed by atoms with Gasteiger partial charge in [-0.05, 0) is 18.2 Å². The molecule has 2 N–H and O–H groups in total. The maximum Gasteiger partial charge on any atom is 0.322 e. The number of hydrogen-bond acceptors (Lipinski definition) is 3. The number of amides is 2. The Morgan fingerprint density at radius 2 is 2.20 bits per heavy atom. The molecule has 0 saturated carbocycles. The largest absolute Gasteiger partial charge is 0.384 e. The zero-order valence-electron chi connectivity index (χ0n) is 10.9. The first kappa shape index (κ1) is 14.3. The topological polar surface area (TPSA) is 61.8 Å². The second-order valence-electron chi connectivity index (χ2n) is 4.18. The average molecular weight is 278 g/mol. The van der Waals surface area contributed by atoms with Gasteiger partial charge in [0.25, 0.3) is 0 Å². The number of aliphatic hydroxyl groups is 1. The van der Waals surface area contributed by atoms with E-state index in [1.165, 1.54) is 12.1 Å². The number of rotatable bonds is 1. The van der Waals surface area contributed by atoms with Gasteiger partial charge in [-0.1, -0.05) is 11.8 Å². The van der Waals surface area contributed by atoms with Crippen LogP contribution in [-0.4, -0.2) is 48.9 Å². The quantitative estimate of drug-likeness (QED) is 0.754. The molecule has 5 nitrogen and oxygen atoms in total. The summed E-state index contributed by atoms with van der Waals surface area (Å²) in [6.07, 6.45) is 0. The number of ether oxygens (including phenoxy) is 1. The van der Waals surface area contributed by atoms with E-state index in [-0.39, 0.29) is 18.3 Å². The standard InChI is InChI=1S/C14H15FN2O3/c15-12-10-11(2-1-7-18)3-4-13(12)16-14(19)17-5-8-20-9-6-17/h3-4,10,18H,5-9H2,(H,16,19). The minimum absolute atomic E-state index is 0.107. The minimum atomic E-state index is -0.559. The van der Waals surface area contributed by atoms with E-state index < -0.39 is 5.82 Å². The van der Waals surface area contributed by atoms with Gasteiger partial charge >= 0.3 is 6.03 Å². The van der Waals surface area contributed by atoms with Crippen LogP contribution >= 0.6 is 0 Å². The summed E-state index contributed by atoms with van der Waals surface area (Å²) in [5.74, 6) is 4.47. The molecule has 1 aromatic carbocycles. The van der Waals surface area contributed by atoms with Crippen molar-refractivity contribution in [3.63, 3.8) is 0 Å². The Kier molecular flexibility index (Phi) is 4.93. The molecule has 106 valence electrons. The van der Waals surface area contributed by atoms with Crippen LogP contribution in [-0.2, 0) is 4.74 Å². The van der Waals surface area contributed by atoms with E-state index >= 15 is 0 Å². The van der Waals surface area contributed by atoms with Gasteiger partial charge in [0, 0.05) is 18.7 Å². The number of nitrogens with one attached hydrogen (secondary N) is 1. The molecule has 1 aromatic rings. The lowest BCUT2D eigenvalue weighted by Gasteiger charge is -2.27. The number of aliphatic hydroxyl groups excluding tert-OH is 1. The van der Waals surface area contributed by atoms with E-state index in [1.54, 1.807) is 11.0 Å². The van der Waals surface area contributed by atoms with Crippen molar-refractivity contribution in [1.82, 2.24) is 4.90 Å². The van der Waals surface area contributed by atoms with Crippen LogP contribution in [0.15, 0.2) is 18.2 Å². The maximum absolute atomic E-state index is 13.8. The van der Waals surface area contributed by atoms with E-state index in [9.17, 15) is 9.18 Å². The van der Waals surface area contributed by atoms with Crippen molar-refractivity contribution in [2.45, 2.75) is 0 Å². The summed E-state index contributed by atoms with van der Waals surface area (Å²) in [6.45, 7) is 1.69. The molecule has 1 fully saturated rings. The van der Waals surface area contributed by atoms with Crippen molar-refractivity contribution in [2.24, 2.45) is 0 Å². The predicted octanol–water partition coefficient (Wildman–Crippen LogP) is 1.03.